The number of carbonyl (C=O) groups excluding carboxylic acids is 2. The van der Waals surface area contributed by atoms with Gasteiger partial charge < -0.3 is 19.5 Å². The number of aromatic hydroxyl groups is 1. The molecule has 0 atom stereocenters. The molecule has 6 nitrogen and oxygen atoms in total. The third kappa shape index (κ3) is 4.79. The highest BCUT2D eigenvalue weighted by Crippen LogP contribution is 2.24. The molecule has 0 fully saturated rings. The fourth-order valence-electron chi connectivity index (χ4n) is 1.55. The summed E-state index contributed by atoms with van der Waals surface area (Å²) in [5, 5.41) is 9.51. The Labute approximate surface area is 117 Å². The van der Waals surface area contributed by atoms with Crippen molar-refractivity contribution in [3.63, 3.8) is 0 Å². The average Bonchev–Trinajstić information content (AvgIpc) is 2.44. The van der Waals surface area contributed by atoms with E-state index in [0.717, 1.165) is 0 Å². The van der Waals surface area contributed by atoms with Crippen LogP contribution in [0.15, 0.2) is 24.3 Å². The second kappa shape index (κ2) is 8.04. The maximum atomic E-state index is 11.9. The Hall–Kier alpha value is -2.24. The van der Waals surface area contributed by atoms with Gasteiger partial charge in [0.05, 0.1) is 6.61 Å². The summed E-state index contributed by atoms with van der Waals surface area (Å²) in [6.07, 6.45) is 0. The number of nitrogens with zero attached hydrogens (tertiary/aromatic N) is 1. The van der Waals surface area contributed by atoms with Crippen molar-refractivity contribution in [3.05, 3.63) is 24.3 Å². The molecule has 0 aromatic heterocycles. The molecule has 0 bridgehead atoms. The minimum atomic E-state index is -0.453. The van der Waals surface area contributed by atoms with Crippen molar-refractivity contribution in [2.24, 2.45) is 0 Å². The number of esters is 1. The van der Waals surface area contributed by atoms with Crippen molar-refractivity contribution >= 4 is 11.9 Å². The lowest BCUT2D eigenvalue weighted by Crippen LogP contribution is -2.39. The van der Waals surface area contributed by atoms with Gasteiger partial charge in [0.1, 0.15) is 6.54 Å². The minimum Gasteiger partial charge on any atom is -0.504 e. The predicted molar refractivity (Wildman–Crippen MR) is 72.5 cm³/mol. The second-order valence-corrected chi connectivity index (χ2v) is 3.97. The molecular weight excluding hydrogens is 262 g/mol. The zero-order valence-electron chi connectivity index (χ0n) is 11.7. The van der Waals surface area contributed by atoms with Gasteiger partial charge in [-0.3, -0.25) is 9.59 Å². The van der Waals surface area contributed by atoms with Crippen molar-refractivity contribution in [1.82, 2.24) is 4.90 Å². The number of phenolic OH excluding ortho intramolecular Hbond substituents is 1. The molecule has 1 amide bonds. The molecule has 0 aliphatic rings. The molecular formula is C14H19NO5. The van der Waals surface area contributed by atoms with Crippen LogP contribution in [0.5, 0.6) is 11.5 Å². The highest BCUT2D eigenvalue weighted by molar-refractivity contribution is 5.83. The fraction of sp³-hybridized carbons (Fsp3) is 0.429. The lowest BCUT2D eigenvalue weighted by Gasteiger charge is -2.19. The van der Waals surface area contributed by atoms with Gasteiger partial charge in [0.2, 0.25) is 0 Å². The Bertz CT molecular complexity index is 461. The highest BCUT2D eigenvalue weighted by atomic mass is 16.5. The molecule has 0 aliphatic carbocycles. The van der Waals surface area contributed by atoms with Crippen LogP contribution in [0.25, 0.3) is 0 Å². The Kier molecular flexibility index (Phi) is 6.36. The van der Waals surface area contributed by atoms with Crippen LogP contribution in [0, 0.1) is 0 Å². The van der Waals surface area contributed by atoms with Gasteiger partial charge in [0.15, 0.2) is 18.1 Å². The number of para-hydroxylation sites is 2. The van der Waals surface area contributed by atoms with Gasteiger partial charge in [-0.1, -0.05) is 12.1 Å². The van der Waals surface area contributed by atoms with Crippen molar-refractivity contribution in [2.75, 3.05) is 26.3 Å². The first-order chi connectivity index (χ1) is 9.58. The fourth-order valence-corrected chi connectivity index (χ4v) is 1.55. The van der Waals surface area contributed by atoms with E-state index in [9.17, 15) is 14.7 Å². The van der Waals surface area contributed by atoms with Gasteiger partial charge in [0, 0.05) is 6.54 Å². The lowest BCUT2D eigenvalue weighted by atomic mass is 10.3. The van der Waals surface area contributed by atoms with Crippen LogP contribution in [-0.4, -0.2) is 48.2 Å². The van der Waals surface area contributed by atoms with Crippen LogP contribution < -0.4 is 4.74 Å². The van der Waals surface area contributed by atoms with Gasteiger partial charge in [0.25, 0.3) is 5.91 Å². The van der Waals surface area contributed by atoms with Gasteiger partial charge >= 0.3 is 5.97 Å². The van der Waals surface area contributed by atoms with Gasteiger partial charge in [-0.05, 0) is 26.0 Å². The molecule has 0 saturated heterocycles. The van der Waals surface area contributed by atoms with E-state index in [4.69, 9.17) is 9.47 Å². The smallest absolute Gasteiger partial charge is 0.325 e. The van der Waals surface area contributed by atoms with E-state index in [1.807, 2.05) is 0 Å². The third-order valence-electron chi connectivity index (χ3n) is 2.58. The second-order valence-electron chi connectivity index (χ2n) is 3.97. The van der Waals surface area contributed by atoms with Gasteiger partial charge in [-0.2, -0.15) is 0 Å². The number of likely N-dealkylation sites (N-methyl/N-ethyl adjacent to an activating group) is 1. The number of rotatable bonds is 7. The molecule has 1 N–H and O–H groups in total. The zero-order chi connectivity index (χ0) is 15.0. The van der Waals surface area contributed by atoms with Crippen LogP contribution >= 0.6 is 0 Å². The van der Waals surface area contributed by atoms with Crippen molar-refractivity contribution in [2.45, 2.75) is 13.8 Å². The SMILES string of the molecule is CCOC(=O)CN(CC)C(=O)COc1ccccc1O. The van der Waals surface area contributed by atoms with Gasteiger partial charge in [-0.25, -0.2) is 0 Å². The van der Waals surface area contributed by atoms with Crippen molar-refractivity contribution in [1.29, 1.82) is 0 Å². The molecule has 0 heterocycles. The quantitative estimate of drug-likeness (QED) is 0.760. The molecule has 6 heteroatoms. The van der Waals surface area contributed by atoms with E-state index in [2.05, 4.69) is 0 Å². The number of hydrogen-bond acceptors (Lipinski definition) is 5. The summed E-state index contributed by atoms with van der Waals surface area (Å²) in [6.45, 7) is 3.77. The van der Waals surface area contributed by atoms with E-state index in [-0.39, 0.29) is 37.2 Å². The number of ether oxygens (including phenoxy) is 2. The summed E-state index contributed by atoms with van der Waals surface area (Å²) >= 11 is 0. The van der Waals surface area contributed by atoms with Crippen LogP contribution in [0.1, 0.15) is 13.8 Å². The van der Waals surface area contributed by atoms with Crippen molar-refractivity contribution in [3.8, 4) is 11.5 Å². The molecule has 110 valence electrons. The van der Waals surface area contributed by atoms with Crippen LogP contribution in [0.3, 0.4) is 0 Å². The largest absolute Gasteiger partial charge is 0.504 e. The molecule has 0 unspecified atom stereocenters. The van der Waals surface area contributed by atoms with Crippen molar-refractivity contribution < 1.29 is 24.2 Å². The molecule has 1 rings (SSSR count). The Morgan fingerprint density at radius 1 is 1.25 bits per heavy atom. The normalized spacial score (nSPS) is 9.90. The molecule has 20 heavy (non-hydrogen) atoms. The highest BCUT2D eigenvalue weighted by Gasteiger charge is 2.17. The maximum Gasteiger partial charge on any atom is 0.325 e. The van der Waals surface area contributed by atoms with Gasteiger partial charge in [-0.15, -0.1) is 0 Å². The number of amides is 1. The topological polar surface area (TPSA) is 76.1 Å². The summed E-state index contributed by atoms with van der Waals surface area (Å²) in [4.78, 5) is 24.6. The maximum absolute atomic E-state index is 11.9. The standard InChI is InChI=1S/C14H19NO5/c1-3-15(9-14(18)19-4-2)13(17)10-20-12-8-6-5-7-11(12)16/h5-8,16H,3-4,9-10H2,1-2H3. The third-order valence-corrected chi connectivity index (χ3v) is 2.58. The summed E-state index contributed by atoms with van der Waals surface area (Å²) in [5.41, 5.74) is 0. The molecule has 0 spiro atoms. The number of phenols is 1. The molecule has 1 aromatic carbocycles. The van der Waals surface area contributed by atoms with Crippen LogP contribution in [-0.2, 0) is 14.3 Å². The summed E-state index contributed by atoms with van der Waals surface area (Å²) in [7, 11) is 0. The first-order valence-corrected chi connectivity index (χ1v) is 6.42. The van der Waals surface area contributed by atoms with Crippen LogP contribution in [0.4, 0.5) is 0 Å². The zero-order valence-corrected chi connectivity index (χ0v) is 11.7. The summed E-state index contributed by atoms with van der Waals surface area (Å²) in [5.74, 6) is -0.601. The molecule has 1 aromatic rings. The number of carbonyl (C=O) groups is 2. The Balaban J connectivity index is 2.51. The number of hydrogen-bond donors (Lipinski definition) is 1. The van der Waals surface area contributed by atoms with E-state index in [0.29, 0.717) is 6.54 Å². The van der Waals surface area contributed by atoms with E-state index in [1.54, 1.807) is 32.0 Å². The van der Waals surface area contributed by atoms with Crippen LogP contribution in [0.2, 0.25) is 0 Å². The first kappa shape index (κ1) is 15.8. The lowest BCUT2D eigenvalue weighted by molar-refractivity contribution is -0.149. The summed E-state index contributed by atoms with van der Waals surface area (Å²) < 4.78 is 10.0. The molecule has 0 aliphatic heterocycles. The molecule has 0 radical (unpaired) electrons. The Morgan fingerprint density at radius 2 is 1.95 bits per heavy atom. The molecule has 0 saturated carbocycles. The minimum absolute atomic E-state index is 0.0336. The first-order valence-electron chi connectivity index (χ1n) is 6.42. The van der Waals surface area contributed by atoms with E-state index in [1.165, 1.54) is 11.0 Å². The van der Waals surface area contributed by atoms with E-state index < -0.39 is 5.97 Å². The predicted octanol–water partition coefficient (Wildman–Crippen LogP) is 1.18. The average molecular weight is 281 g/mol. The summed E-state index contributed by atoms with van der Waals surface area (Å²) in [6, 6.07) is 6.37. The number of benzene rings is 1. The van der Waals surface area contributed by atoms with E-state index >= 15 is 0 Å². The monoisotopic (exact) mass is 281 g/mol. The Morgan fingerprint density at radius 3 is 2.55 bits per heavy atom.